The highest BCUT2D eigenvalue weighted by atomic mass is 16.6. The SMILES string of the molecule is CC(C)(C)OC(=O)N1CCN(CC(=O)NCc2ccc3c(c2)CN(C2CCC(=O)NC2=O)C3=O)CC1. The standard InChI is InChI=1S/C25H33N5O6/c1-25(2,3)36-24(35)29-10-8-28(9-11-29)15-21(32)26-13-16-4-5-18-17(12-16)14-30(23(18)34)19-6-7-20(31)27-22(19)33/h4-5,12,19H,6-11,13-15H2,1-3H3,(H,26,32)(H,27,31,33). The molecule has 11 nitrogen and oxygen atoms in total. The predicted octanol–water partition coefficient (Wildman–Crippen LogP) is 0.617. The lowest BCUT2D eigenvalue weighted by molar-refractivity contribution is -0.137. The van der Waals surface area contributed by atoms with Crippen LogP contribution in [0.5, 0.6) is 0 Å². The molecule has 0 aliphatic carbocycles. The average Bonchev–Trinajstić information content (AvgIpc) is 3.12. The molecular weight excluding hydrogens is 466 g/mol. The van der Waals surface area contributed by atoms with Gasteiger partial charge in [-0.3, -0.25) is 29.4 Å². The summed E-state index contributed by atoms with van der Waals surface area (Å²) in [6.07, 6.45) is 0.196. The van der Waals surface area contributed by atoms with E-state index < -0.39 is 17.6 Å². The number of piperidine rings is 1. The van der Waals surface area contributed by atoms with E-state index in [1.807, 2.05) is 31.7 Å². The molecule has 1 unspecified atom stereocenters. The maximum atomic E-state index is 12.8. The van der Waals surface area contributed by atoms with E-state index in [4.69, 9.17) is 4.74 Å². The van der Waals surface area contributed by atoms with Gasteiger partial charge < -0.3 is 19.9 Å². The maximum absolute atomic E-state index is 12.8. The molecule has 194 valence electrons. The second-order valence-electron chi connectivity index (χ2n) is 10.4. The fraction of sp³-hybridized carbons (Fsp3) is 0.560. The number of hydrogen-bond acceptors (Lipinski definition) is 7. The van der Waals surface area contributed by atoms with Crippen LogP contribution in [-0.4, -0.2) is 88.8 Å². The van der Waals surface area contributed by atoms with Crippen molar-refractivity contribution in [3.8, 4) is 0 Å². The van der Waals surface area contributed by atoms with Gasteiger partial charge in [-0.15, -0.1) is 0 Å². The summed E-state index contributed by atoms with van der Waals surface area (Å²) in [7, 11) is 0. The number of nitrogens with one attached hydrogen (secondary N) is 2. The van der Waals surface area contributed by atoms with E-state index in [1.165, 1.54) is 4.90 Å². The Balaban J connectivity index is 1.24. The number of carbonyl (C=O) groups excluding carboxylic acids is 5. The number of imide groups is 1. The number of piperazine rings is 1. The molecule has 0 bridgehead atoms. The zero-order valence-electron chi connectivity index (χ0n) is 21.0. The highest BCUT2D eigenvalue weighted by molar-refractivity contribution is 6.05. The third-order valence-electron chi connectivity index (χ3n) is 6.47. The Kier molecular flexibility index (Phi) is 7.30. The van der Waals surface area contributed by atoms with E-state index in [0.29, 0.717) is 51.3 Å². The van der Waals surface area contributed by atoms with Gasteiger partial charge in [-0.2, -0.15) is 0 Å². The van der Waals surface area contributed by atoms with Crippen molar-refractivity contribution in [2.75, 3.05) is 32.7 Å². The summed E-state index contributed by atoms with van der Waals surface area (Å²) in [6, 6.07) is 4.74. The fourth-order valence-corrected chi connectivity index (χ4v) is 4.61. The van der Waals surface area contributed by atoms with Gasteiger partial charge in [0.15, 0.2) is 0 Å². The van der Waals surface area contributed by atoms with E-state index >= 15 is 0 Å². The average molecular weight is 500 g/mol. The van der Waals surface area contributed by atoms with Gasteiger partial charge in [0.2, 0.25) is 17.7 Å². The molecule has 0 saturated carbocycles. The van der Waals surface area contributed by atoms with Crippen LogP contribution >= 0.6 is 0 Å². The van der Waals surface area contributed by atoms with Crippen LogP contribution in [0.3, 0.4) is 0 Å². The number of fused-ring (bicyclic) bond motifs is 1. The van der Waals surface area contributed by atoms with Crippen molar-refractivity contribution in [1.29, 1.82) is 0 Å². The van der Waals surface area contributed by atoms with Crippen molar-refractivity contribution in [3.05, 3.63) is 34.9 Å². The smallest absolute Gasteiger partial charge is 0.410 e. The van der Waals surface area contributed by atoms with Gasteiger partial charge in [-0.25, -0.2) is 4.79 Å². The molecule has 3 aliphatic rings. The maximum Gasteiger partial charge on any atom is 0.410 e. The first-order valence-electron chi connectivity index (χ1n) is 12.2. The first kappa shape index (κ1) is 25.6. The normalized spacial score (nSPS) is 20.8. The molecule has 1 aromatic carbocycles. The van der Waals surface area contributed by atoms with Crippen LogP contribution in [0.25, 0.3) is 0 Å². The largest absolute Gasteiger partial charge is 0.444 e. The zero-order chi connectivity index (χ0) is 26.0. The summed E-state index contributed by atoms with van der Waals surface area (Å²) in [6.45, 7) is 8.52. The van der Waals surface area contributed by atoms with Gasteiger partial charge in [0, 0.05) is 51.3 Å². The number of rotatable bonds is 5. The predicted molar refractivity (Wildman–Crippen MR) is 129 cm³/mol. The molecule has 0 radical (unpaired) electrons. The van der Waals surface area contributed by atoms with Crippen LogP contribution in [0.15, 0.2) is 18.2 Å². The highest BCUT2D eigenvalue weighted by Crippen LogP contribution is 2.28. The van der Waals surface area contributed by atoms with E-state index in [1.54, 1.807) is 17.0 Å². The molecule has 36 heavy (non-hydrogen) atoms. The number of hydrogen-bond donors (Lipinski definition) is 2. The van der Waals surface area contributed by atoms with Crippen molar-refractivity contribution >= 4 is 29.7 Å². The molecule has 5 amide bonds. The lowest BCUT2D eigenvalue weighted by atomic mass is 10.0. The number of benzene rings is 1. The number of amides is 5. The minimum Gasteiger partial charge on any atom is -0.444 e. The summed E-state index contributed by atoms with van der Waals surface area (Å²) in [5.74, 6) is -1.10. The Labute approximate surface area is 210 Å². The molecule has 1 atom stereocenters. The van der Waals surface area contributed by atoms with E-state index in [2.05, 4.69) is 10.6 Å². The third-order valence-corrected chi connectivity index (χ3v) is 6.47. The minimum atomic E-state index is -0.651. The Hall–Kier alpha value is -3.47. The molecule has 4 rings (SSSR count). The van der Waals surface area contributed by atoms with Gasteiger partial charge >= 0.3 is 6.09 Å². The second kappa shape index (κ2) is 10.3. The zero-order valence-corrected chi connectivity index (χ0v) is 21.0. The van der Waals surface area contributed by atoms with Crippen molar-refractivity contribution in [2.45, 2.75) is 58.3 Å². The Bertz CT molecular complexity index is 1070. The van der Waals surface area contributed by atoms with Gasteiger partial charge in [0.25, 0.3) is 5.91 Å². The summed E-state index contributed by atoms with van der Waals surface area (Å²) in [5.41, 5.74) is 1.66. The number of carbonyl (C=O) groups is 5. The number of ether oxygens (including phenoxy) is 1. The van der Waals surface area contributed by atoms with Gasteiger partial charge in [-0.05, 0) is 44.4 Å². The van der Waals surface area contributed by atoms with E-state index in [-0.39, 0.29) is 36.8 Å². The van der Waals surface area contributed by atoms with Crippen LogP contribution in [0.2, 0.25) is 0 Å². The lowest BCUT2D eigenvalue weighted by Gasteiger charge is -2.35. The molecule has 2 saturated heterocycles. The van der Waals surface area contributed by atoms with Crippen molar-refractivity contribution in [1.82, 2.24) is 25.3 Å². The molecule has 1 aromatic rings. The van der Waals surface area contributed by atoms with Crippen molar-refractivity contribution in [3.63, 3.8) is 0 Å². The Morgan fingerprint density at radius 1 is 1.11 bits per heavy atom. The van der Waals surface area contributed by atoms with Crippen LogP contribution in [-0.2, 0) is 32.2 Å². The van der Waals surface area contributed by atoms with Crippen molar-refractivity contribution < 1.29 is 28.7 Å². The molecule has 0 aromatic heterocycles. The van der Waals surface area contributed by atoms with Crippen LogP contribution in [0.1, 0.15) is 55.1 Å². The first-order valence-corrected chi connectivity index (χ1v) is 12.2. The summed E-state index contributed by atoms with van der Waals surface area (Å²) in [4.78, 5) is 66.3. The van der Waals surface area contributed by atoms with Gasteiger partial charge in [-0.1, -0.05) is 12.1 Å². The summed E-state index contributed by atoms with van der Waals surface area (Å²) in [5, 5.41) is 5.21. The first-order chi connectivity index (χ1) is 17.0. The quantitative estimate of drug-likeness (QED) is 0.568. The van der Waals surface area contributed by atoms with Crippen LogP contribution < -0.4 is 10.6 Å². The molecule has 11 heteroatoms. The lowest BCUT2D eigenvalue weighted by Crippen LogP contribution is -2.52. The molecule has 2 fully saturated rings. The highest BCUT2D eigenvalue weighted by Gasteiger charge is 2.39. The molecule has 0 spiro atoms. The Morgan fingerprint density at radius 3 is 2.50 bits per heavy atom. The van der Waals surface area contributed by atoms with Crippen LogP contribution in [0.4, 0.5) is 4.79 Å². The van der Waals surface area contributed by atoms with Gasteiger partial charge in [0.1, 0.15) is 11.6 Å². The van der Waals surface area contributed by atoms with E-state index in [0.717, 1.165) is 11.1 Å². The molecule has 3 heterocycles. The second-order valence-corrected chi connectivity index (χ2v) is 10.4. The van der Waals surface area contributed by atoms with Crippen molar-refractivity contribution in [2.24, 2.45) is 0 Å². The fourth-order valence-electron chi connectivity index (χ4n) is 4.61. The number of nitrogens with zero attached hydrogens (tertiary/aromatic N) is 3. The Morgan fingerprint density at radius 2 is 1.83 bits per heavy atom. The van der Waals surface area contributed by atoms with Crippen LogP contribution in [0, 0.1) is 0 Å². The molecule has 3 aliphatic heterocycles. The minimum absolute atomic E-state index is 0.123. The van der Waals surface area contributed by atoms with Gasteiger partial charge in [0.05, 0.1) is 6.54 Å². The molecule has 2 N–H and O–H groups in total. The topological polar surface area (TPSA) is 128 Å². The third kappa shape index (κ3) is 6.01. The summed E-state index contributed by atoms with van der Waals surface area (Å²) < 4.78 is 5.40. The molecular formula is C25H33N5O6. The van der Waals surface area contributed by atoms with E-state index in [9.17, 15) is 24.0 Å². The summed E-state index contributed by atoms with van der Waals surface area (Å²) >= 11 is 0. The monoisotopic (exact) mass is 499 g/mol.